The molecule has 23 heavy (non-hydrogen) atoms. The van der Waals surface area contributed by atoms with Crippen molar-refractivity contribution in [2.45, 2.75) is 18.6 Å². The number of hydrogen-bond acceptors (Lipinski definition) is 4. The van der Waals surface area contributed by atoms with Crippen LogP contribution in [-0.2, 0) is 0 Å². The third-order valence-corrected chi connectivity index (χ3v) is 5.75. The Morgan fingerprint density at radius 3 is 2.78 bits per heavy atom. The quantitative estimate of drug-likeness (QED) is 0.690. The van der Waals surface area contributed by atoms with Crippen molar-refractivity contribution >= 4 is 43.3 Å². The number of nitrogens with zero attached hydrogens (tertiary/aromatic N) is 4. The summed E-state index contributed by atoms with van der Waals surface area (Å²) in [6.07, 6.45) is 6.30. The maximum atomic E-state index is 11.4. The fourth-order valence-corrected chi connectivity index (χ4v) is 4.51. The Hall–Kier alpha value is -1.91. The van der Waals surface area contributed by atoms with E-state index in [-0.39, 0.29) is 21.3 Å². The van der Waals surface area contributed by atoms with Gasteiger partial charge in [0.1, 0.15) is 0 Å². The van der Waals surface area contributed by atoms with Crippen molar-refractivity contribution in [2.75, 3.05) is 0 Å². The third-order valence-electron chi connectivity index (χ3n) is 3.11. The zero-order chi connectivity index (χ0) is 16.6. The molecule has 8 heteroatoms. The molecule has 0 unspecified atom stereocenters. The molecular weight excluding hydrogens is 379 g/mol. The molecule has 3 aromatic rings. The average Bonchev–Trinajstić information content (AvgIpc) is 2.89. The predicted molar refractivity (Wildman–Crippen MR) is 88.7 cm³/mol. The number of rotatable bonds is 4. The van der Waals surface area contributed by atoms with Gasteiger partial charge in [0.05, 0.1) is 0 Å². The number of carboxylic acid groups (broad SMARTS) is 1. The van der Waals surface area contributed by atoms with E-state index in [1.54, 1.807) is 23.1 Å². The summed E-state index contributed by atoms with van der Waals surface area (Å²) in [4.78, 5) is 20.0. The molecule has 1 radical (unpaired) electrons. The van der Waals surface area contributed by atoms with E-state index in [1.807, 2.05) is 6.07 Å². The summed E-state index contributed by atoms with van der Waals surface area (Å²) in [5, 5.41) is 14.1. The maximum absolute atomic E-state index is 11.4. The van der Waals surface area contributed by atoms with E-state index in [4.69, 9.17) is 11.6 Å². The summed E-state index contributed by atoms with van der Waals surface area (Å²) < 4.78 is 2.86. The fourth-order valence-electron chi connectivity index (χ4n) is 2.17. The van der Waals surface area contributed by atoms with Crippen LogP contribution in [-0.4, -0.2) is 46.4 Å². The van der Waals surface area contributed by atoms with Crippen molar-refractivity contribution in [2.24, 2.45) is 0 Å². The Morgan fingerprint density at radius 1 is 1.30 bits per heavy atom. The summed E-state index contributed by atoms with van der Waals surface area (Å²) >= 11 is 5.65. The van der Waals surface area contributed by atoms with Crippen LogP contribution in [0.5, 0.6) is 0 Å². The molecule has 3 aromatic heterocycles. The number of fused-ring (bicyclic) bond motifs is 1. The van der Waals surface area contributed by atoms with Gasteiger partial charge in [-0.05, 0) is 0 Å². The van der Waals surface area contributed by atoms with Gasteiger partial charge in [0, 0.05) is 0 Å². The van der Waals surface area contributed by atoms with Crippen LogP contribution >= 0.6 is 11.6 Å². The van der Waals surface area contributed by atoms with Crippen LogP contribution in [0.3, 0.4) is 0 Å². The summed E-state index contributed by atoms with van der Waals surface area (Å²) in [6.45, 7) is 4.18. The first kappa shape index (κ1) is 16.0. The molecule has 1 N–H and O–H groups in total. The van der Waals surface area contributed by atoms with Crippen LogP contribution in [0.25, 0.3) is 16.9 Å². The number of aromatic nitrogens is 4. The summed E-state index contributed by atoms with van der Waals surface area (Å²) in [5.74, 6) is -0.945. The second-order valence-corrected chi connectivity index (χ2v) is 9.37. The molecule has 0 bridgehead atoms. The Morgan fingerprint density at radius 2 is 2.09 bits per heavy atom. The molecule has 0 aliphatic rings. The number of aromatic carboxylic acids is 1. The average molecular weight is 392 g/mol. The van der Waals surface area contributed by atoms with E-state index < -0.39 is 5.97 Å². The molecule has 0 aliphatic heterocycles. The molecule has 117 valence electrons. The van der Waals surface area contributed by atoms with Crippen molar-refractivity contribution in [1.82, 2.24) is 19.6 Å². The van der Waals surface area contributed by atoms with Gasteiger partial charge < -0.3 is 0 Å². The minimum atomic E-state index is -0.945. The van der Waals surface area contributed by atoms with Crippen LogP contribution in [0, 0.1) is 0 Å². The number of hydrogen-bond donors (Lipinski definition) is 1. The second-order valence-electron chi connectivity index (χ2n) is 5.21. The van der Waals surface area contributed by atoms with Crippen molar-refractivity contribution in [3.05, 3.63) is 41.4 Å². The second kappa shape index (κ2) is 6.30. The first-order chi connectivity index (χ1) is 11.0. The SMILES string of the molecule is CC(C)[As]c1cc(-c2cnn3cc(Cl)cnc23)ncc1C(=O)O. The Balaban J connectivity index is 2.13. The molecule has 0 atom stereocenters. The number of halogens is 1. The standard InChI is InChI=1S/C15H13AsClN4O2/c1-8(2)16-12-3-13(18-5-10(12)15(22)23)11-6-20-21-7-9(17)4-19-14(11)21/h3-8H,1-2H3,(H,22,23). The van der Waals surface area contributed by atoms with Crippen molar-refractivity contribution in [1.29, 1.82) is 0 Å². The summed E-state index contributed by atoms with van der Waals surface area (Å²) in [5.41, 5.74) is 2.34. The van der Waals surface area contributed by atoms with E-state index in [0.29, 0.717) is 21.1 Å². The van der Waals surface area contributed by atoms with Crippen molar-refractivity contribution in [3.63, 3.8) is 0 Å². The van der Waals surface area contributed by atoms with Gasteiger partial charge in [0.15, 0.2) is 0 Å². The molecule has 0 saturated carbocycles. The monoisotopic (exact) mass is 391 g/mol. The fraction of sp³-hybridized carbons (Fsp3) is 0.200. The number of carbonyl (C=O) groups is 1. The molecular formula is C15H13AsClN4O2. The van der Waals surface area contributed by atoms with Crippen molar-refractivity contribution in [3.8, 4) is 11.3 Å². The van der Waals surface area contributed by atoms with Crippen LogP contribution in [0.4, 0.5) is 0 Å². The zero-order valence-electron chi connectivity index (χ0n) is 12.4. The molecule has 0 fully saturated rings. The van der Waals surface area contributed by atoms with E-state index in [9.17, 15) is 9.90 Å². The molecule has 0 amide bonds. The van der Waals surface area contributed by atoms with Crippen LogP contribution in [0.1, 0.15) is 24.2 Å². The molecule has 0 aliphatic carbocycles. The Kier molecular flexibility index (Phi) is 4.37. The Labute approximate surface area is 144 Å². The van der Waals surface area contributed by atoms with E-state index in [1.165, 1.54) is 6.20 Å². The van der Waals surface area contributed by atoms with Gasteiger partial charge in [-0.25, -0.2) is 0 Å². The molecule has 0 aromatic carbocycles. The normalized spacial score (nSPS) is 11.8. The van der Waals surface area contributed by atoms with Crippen molar-refractivity contribution < 1.29 is 9.90 Å². The van der Waals surface area contributed by atoms with Gasteiger partial charge in [0.25, 0.3) is 0 Å². The Bertz CT molecular complexity index is 894. The van der Waals surface area contributed by atoms with Gasteiger partial charge in [-0.1, -0.05) is 0 Å². The summed E-state index contributed by atoms with van der Waals surface area (Å²) in [7, 11) is 0. The van der Waals surface area contributed by atoms with Crippen LogP contribution < -0.4 is 4.35 Å². The molecule has 3 heterocycles. The molecule has 0 spiro atoms. The van der Waals surface area contributed by atoms with E-state index in [0.717, 1.165) is 9.91 Å². The predicted octanol–water partition coefficient (Wildman–Crippen LogP) is 2.30. The van der Waals surface area contributed by atoms with Gasteiger partial charge in [-0.2, -0.15) is 0 Å². The van der Waals surface area contributed by atoms with Gasteiger partial charge in [0.2, 0.25) is 0 Å². The third kappa shape index (κ3) is 3.23. The van der Waals surface area contributed by atoms with Crippen LogP contribution in [0.15, 0.2) is 30.9 Å². The first-order valence-electron chi connectivity index (χ1n) is 6.89. The van der Waals surface area contributed by atoms with E-state index in [2.05, 4.69) is 28.9 Å². The van der Waals surface area contributed by atoms with Crippen LogP contribution in [0.2, 0.25) is 9.73 Å². The first-order valence-corrected chi connectivity index (χ1v) is 9.29. The van der Waals surface area contributed by atoms with Gasteiger partial charge >= 0.3 is 144 Å². The van der Waals surface area contributed by atoms with Gasteiger partial charge in [-0.15, -0.1) is 0 Å². The molecule has 3 rings (SSSR count). The zero-order valence-corrected chi connectivity index (χ0v) is 15.1. The molecule has 6 nitrogen and oxygen atoms in total. The minimum absolute atomic E-state index is 0.261. The van der Waals surface area contributed by atoms with E-state index >= 15 is 0 Å². The summed E-state index contributed by atoms with van der Waals surface area (Å²) in [6, 6.07) is 1.84. The van der Waals surface area contributed by atoms with Gasteiger partial charge in [-0.3, -0.25) is 0 Å². The molecule has 0 saturated heterocycles. The topological polar surface area (TPSA) is 80.4 Å². The number of pyridine rings is 1. The number of carboxylic acids is 1.